The quantitative estimate of drug-likeness (QED) is 0.843. The van der Waals surface area contributed by atoms with Gasteiger partial charge in [-0.25, -0.2) is 0 Å². The molecule has 2 aromatic carbocycles. The van der Waals surface area contributed by atoms with E-state index in [1.807, 2.05) is 0 Å². The second-order valence-corrected chi connectivity index (χ2v) is 4.35. The lowest BCUT2D eigenvalue weighted by molar-refractivity contribution is 0.787. The van der Waals surface area contributed by atoms with Crippen molar-refractivity contribution in [2.24, 2.45) is 0 Å². The Labute approximate surface area is 102 Å². The van der Waals surface area contributed by atoms with Gasteiger partial charge in [0.2, 0.25) is 0 Å². The van der Waals surface area contributed by atoms with Crippen molar-refractivity contribution in [1.29, 1.82) is 0 Å². The van der Waals surface area contributed by atoms with Gasteiger partial charge in [-0.15, -0.1) is 0 Å². The maximum Gasteiger partial charge on any atom is 0.0605 e. The van der Waals surface area contributed by atoms with Crippen LogP contribution in [0.15, 0.2) is 54.6 Å². The van der Waals surface area contributed by atoms with Crippen molar-refractivity contribution in [2.75, 3.05) is 23.3 Å². The number of fused-ring (bicyclic) bond motifs is 1. The molecule has 3 rings (SSSR count). The van der Waals surface area contributed by atoms with Gasteiger partial charge >= 0.3 is 0 Å². The molecule has 0 aromatic heterocycles. The first kappa shape index (κ1) is 10.2. The molecule has 0 spiro atoms. The summed E-state index contributed by atoms with van der Waals surface area (Å²) in [5, 5.41) is 3.44. The van der Waals surface area contributed by atoms with E-state index in [1.165, 1.54) is 16.9 Å². The van der Waals surface area contributed by atoms with Crippen LogP contribution in [0.5, 0.6) is 0 Å². The summed E-state index contributed by atoms with van der Waals surface area (Å²) < 4.78 is 0. The molecule has 2 heteroatoms. The lowest BCUT2D eigenvalue weighted by atomic mass is 10.1. The number of hydrogen-bond donors (Lipinski definition) is 1. The Kier molecular flexibility index (Phi) is 2.70. The fourth-order valence-electron chi connectivity index (χ4n) is 2.31. The summed E-state index contributed by atoms with van der Waals surface area (Å²) >= 11 is 0. The first-order valence-corrected chi connectivity index (χ1v) is 6.05. The van der Waals surface area contributed by atoms with Gasteiger partial charge in [0.05, 0.1) is 11.4 Å². The molecule has 0 radical (unpaired) electrons. The second-order valence-electron chi connectivity index (χ2n) is 4.35. The number of hydrogen-bond acceptors (Lipinski definition) is 2. The van der Waals surface area contributed by atoms with Gasteiger partial charge in [0.25, 0.3) is 0 Å². The van der Waals surface area contributed by atoms with Gasteiger partial charge < -0.3 is 10.2 Å². The zero-order valence-corrected chi connectivity index (χ0v) is 9.76. The Balaban J connectivity index is 1.86. The van der Waals surface area contributed by atoms with Crippen LogP contribution in [-0.2, 0) is 6.54 Å². The van der Waals surface area contributed by atoms with E-state index in [-0.39, 0.29) is 0 Å². The SMILES string of the molecule is c1ccc(CN2CCNc3ccccc32)cc1. The maximum atomic E-state index is 3.44. The predicted molar refractivity (Wildman–Crippen MR) is 72.4 cm³/mol. The minimum atomic E-state index is 0.986. The van der Waals surface area contributed by atoms with Crippen LogP contribution in [0.1, 0.15) is 5.56 Å². The van der Waals surface area contributed by atoms with Crippen LogP contribution in [0, 0.1) is 0 Å². The van der Waals surface area contributed by atoms with Crippen molar-refractivity contribution in [3.8, 4) is 0 Å². The molecule has 0 atom stereocenters. The topological polar surface area (TPSA) is 15.3 Å². The van der Waals surface area contributed by atoms with Gasteiger partial charge in [-0.05, 0) is 17.7 Å². The molecule has 0 amide bonds. The molecule has 2 aromatic rings. The van der Waals surface area contributed by atoms with Gasteiger partial charge in [-0.1, -0.05) is 42.5 Å². The van der Waals surface area contributed by atoms with Gasteiger partial charge in [0, 0.05) is 19.6 Å². The van der Waals surface area contributed by atoms with E-state index in [0.29, 0.717) is 0 Å². The van der Waals surface area contributed by atoms with Gasteiger partial charge in [0.15, 0.2) is 0 Å². The van der Waals surface area contributed by atoms with E-state index in [1.54, 1.807) is 0 Å². The standard InChI is InChI=1S/C15H16N2/c1-2-6-13(7-3-1)12-17-11-10-16-14-8-4-5-9-15(14)17/h1-9,16H,10-12H2. The summed E-state index contributed by atoms with van der Waals surface area (Å²) in [6, 6.07) is 19.1. The Bertz CT molecular complexity index is 493. The minimum Gasteiger partial charge on any atom is -0.382 e. The number of nitrogens with one attached hydrogen (secondary N) is 1. The van der Waals surface area contributed by atoms with E-state index in [0.717, 1.165) is 19.6 Å². The highest BCUT2D eigenvalue weighted by molar-refractivity contribution is 5.71. The number of para-hydroxylation sites is 2. The molecule has 0 aliphatic carbocycles. The summed E-state index contributed by atoms with van der Waals surface area (Å²) in [5.74, 6) is 0. The lowest BCUT2D eigenvalue weighted by Gasteiger charge is -2.32. The summed E-state index contributed by atoms with van der Waals surface area (Å²) in [7, 11) is 0. The molecule has 2 nitrogen and oxygen atoms in total. The smallest absolute Gasteiger partial charge is 0.0605 e. The van der Waals surface area contributed by atoms with Crippen molar-refractivity contribution < 1.29 is 0 Å². The number of nitrogens with zero attached hydrogens (tertiary/aromatic N) is 1. The van der Waals surface area contributed by atoms with Crippen molar-refractivity contribution in [1.82, 2.24) is 0 Å². The zero-order chi connectivity index (χ0) is 11.5. The van der Waals surface area contributed by atoms with E-state index in [9.17, 15) is 0 Å². The molecule has 0 unspecified atom stereocenters. The summed E-state index contributed by atoms with van der Waals surface area (Å²) in [6.07, 6.45) is 0. The van der Waals surface area contributed by atoms with E-state index >= 15 is 0 Å². The molecule has 0 saturated carbocycles. The third kappa shape index (κ3) is 2.11. The monoisotopic (exact) mass is 224 g/mol. The highest BCUT2D eigenvalue weighted by atomic mass is 15.2. The van der Waals surface area contributed by atoms with Gasteiger partial charge in [0.1, 0.15) is 0 Å². The van der Waals surface area contributed by atoms with Crippen molar-refractivity contribution in [2.45, 2.75) is 6.54 Å². The molecule has 17 heavy (non-hydrogen) atoms. The normalized spacial score (nSPS) is 14.0. The summed E-state index contributed by atoms with van der Waals surface area (Å²) in [6.45, 7) is 3.06. The number of anilines is 2. The third-order valence-corrected chi connectivity index (χ3v) is 3.16. The van der Waals surface area contributed by atoms with Crippen molar-refractivity contribution in [3.05, 3.63) is 60.2 Å². The molecular weight excluding hydrogens is 208 g/mol. The average molecular weight is 224 g/mol. The Hall–Kier alpha value is -1.96. The summed E-state index contributed by atoms with van der Waals surface area (Å²) in [5.41, 5.74) is 3.92. The molecule has 1 aliphatic rings. The Morgan fingerprint density at radius 2 is 1.71 bits per heavy atom. The van der Waals surface area contributed by atoms with Crippen LogP contribution in [0.25, 0.3) is 0 Å². The van der Waals surface area contributed by atoms with Crippen LogP contribution in [0.3, 0.4) is 0 Å². The zero-order valence-electron chi connectivity index (χ0n) is 9.76. The number of rotatable bonds is 2. The summed E-state index contributed by atoms with van der Waals surface area (Å²) in [4.78, 5) is 2.43. The molecule has 1 N–H and O–H groups in total. The van der Waals surface area contributed by atoms with Crippen LogP contribution in [0.4, 0.5) is 11.4 Å². The Morgan fingerprint density at radius 3 is 2.59 bits per heavy atom. The van der Waals surface area contributed by atoms with E-state index < -0.39 is 0 Å². The van der Waals surface area contributed by atoms with E-state index in [2.05, 4.69) is 64.8 Å². The molecule has 1 heterocycles. The van der Waals surface area contributed by atoms with Crippen LogP contribution < -0.4 is 10.2 Å². The highest BCUT2D eigenvalue weighted by Gasteiger charge is 2.15. The highest BCUT2D eigenvalue weighted by Crippen LogP contribution is 2.29. The molecule has 86 valence electrons. The van der Waals surface area contributed by atoms with Crippen LogP contribution in [-0.4, -0.2) is 13.1 Å². The minimum absolute atomic E-state index is 0.986. The Morgan fingerprint density at radius 1 is 0.941 bits per heavy atom. The average Bonchev–Trinajstić information content (AvgIpc) is 2.40. The van der Waals surface area contributed by atoms with Gasteiger partial charge in [-0.3, -0.25) is 0 Å². The molecule has 0 saturated heterocycles. The molecule has 0 fully saturated rings. The largest absolute Gasteiger partial charge is 0.382 e. The van der Waals surface area contributed by atoms with Crippen molar-refractivity contribution in [3.63, 3.8) is 0 Å². The first-order valence-electron chi connectivity index (χ1n) is 6.05. The lowest BCUT2D eigenvalue weighted by Crippen LogP contribution is -2.33. The van der Waals surface area contributed by atoms with Crippen LogP contribution in [0.2, 0.25) is 0 Å². The first-order chi connectivity index (χ1) is 8.43. The fourth-order valence-corrected chi connectivity index (χ4v) is 2.31. The maximum absolute atomic E-state index is 3.44. The fraction of sp³-hybridized carbons (Fsp3) is 0.200. The molecule has 0 bridgehead atoms. The predicted octanol–water partition coefficient (Wildman–Crippen LogP) is 3.12. The second kappa shape index (κ2) is 4.50. The van der Waals surface area contributed by atoms with Crippen molar-refractivity contribution >= 4 is 11.4 Å². The molecule has 1 aliphatic heterocycles. The van der Waals surface area contributed by atoms with E-state index in [4.69, 9.17) is 0 Å². The molecular formula is C15H16N2. The van der Waals surface area contributed by atoms with Gasteiger partial charge in [-0.2, -0.15) is 0 Å². The van der Waals surface area contributed by atoms with Crippen LogP contribution >= 0.6 is 0 Å². The number of benzene rings is 2. The third-order valence-electron chi connectivity index (χ3n) is 3.16.